The highest BCUT2D eigenvalue weighted by Gasteiger charge is 2.17. The molecule has 0 atom stereocenters. The van der Waals surface area contributed by atoms with Crippen molar-refractivity contribution >= 4 is 45.5 Å². The van der Waals surface area contributed by atoms with Gasteiger partial charge in [0.05, 0.1) is 7.11 Å². The smallest absolute Gasteiger partial charge is 0.222 e. The molecule has 0 bridgehead atoms. The van der Waals surface area contributed by atoms with Gasteiger partial charge in [0.15, 0.2) is 0 Å². The second-order valence-electron chi connectivity index (χ2n) is 6.54. The van der Waals surface area contributed by atoms with Crippen molar-refractivity contribution in [2.24, 2.45) is 0 Å². The van der Waals surface area contributed by atoms with Gasteiger partial charge in [-0.15, -0.1) is 10.2 Å². The molecule has 2 N–H and O–H groups in total. The summed E-state index contributed by atoms with van der Waals surface area (Å²) in [4.78, 5) is 15.6. The van der Waals surface area contributed by atoms with E-state index in [0.29, 0.717) is 21.7 Å². The average Bonchev–Trinajstić information content (AvgIpc) is 3.23. The van der Waals surface area contributed by atoms with E-state index >= 15 is 0 Å². The summed E-state index contributed by atoms with van der Waals surface area (Å²) in [6.45, 7) is 1.44. The zero-order valence-electron chi connectivity index (χ0n) is 16.7. The number of pyridine rings is 1. The van der Waals surface area contributed by atoms with Crippen LogP contribution in [0.3, 0.4) is 0 Å². The Labute approximate surface area is 188 Å². The van der Waals surface area contributed by atoms with Crippen LogP contribution in [-0.4, -0.2) is 28.2 Å². The van der Waals surface area contributed by atoms with Gasteiger partial charge in [-0.2, -0.15) is 0 Å². The molecule has 4 aromatic rings. The van der Waals surface area contributed by atoms with Crippen LogP contribution < -0.4 is 15.4 Å². The second kappa shape index (κ2) is 9.11. The molecule has 156 valence electrons. The predicted molar refractivity (Wildman–Crippen MR) is 124 cm³/mol. The Morgan fingerprint density at radius 3 is 2.65 bits per heavy atom. The first-order valence-electron chi connectivity index (χ1n) is 9.31. The van der Waals surface area contributed by atoms with Gasteiger partial charge in [-0.25, -0.2) is 4.98 Å². The van der Waals surface area contributed by atoms with Gasteiger partial charge < -0.3 is 15.4 Å². The number of rotatable bonds is 6. The molecule has 2 heterocycles. The lowest BCUT2D eigenvalue weighted by atomic mass is 9.99. The minimum absolute atomic E-state index is 0.188. The summed E-state index contributed by atoms with van der Waals surface area (Å²) in [6.07, 6.45) is 1.64. The van der Waals surface area contributed by atoms with Crippen LogP contribution in [0.15, 0.2) is 60.8 Å². The minimum atomic E-state index is -0.188. The number of anilines is 3. The van der Waals surface area contributed by atoms with E-state index in [0.717, 1.165) is 27.4 Å². The van der Waals surface area contributed by atoms with E-state index in [1.807, 2.05) is 48.5 Å². The fourth-order valence-corrected chi connectivity index (χ4v) is 3.97. The number of nitrogens with one attached hydrogen (secondary N) is 2. The Kier molecular flexibility index (Phi) is 6.11. The molecule has 0 unspecified atom stereocenters. The largest absolute Gasteiger partial charge is 0.496 e. The Morgan fingerprint density at radius 2 is 1.90 bits per heavy atom. The number of hydrogen-bond donors (Lipinski definition) is 2. The molecule has 31 heavy (non-hydrogen) atoms. The lowest BCUT2D eigenvalue weighted by Gasteiger charge is -2.13. The number of nitrogens with zero attached hydrogens (tertiary/aromatic N) is 3. The van der Waals surface area contributed by atoms with Crippen LogP contribution >= 0.6 is 22.9 Å². The van der Waals surface area contributed by atoms with Crippen LogP contribution in [0.4, 0.5) is 16.6 Å². The number of carbonyl (C=O) groups excluding carboxylic acids is 1. The monoisotopic (exact) mass is 451 g/mol. The molecule has 0 aliphatic carbocycles. The third kappa shape index (κ3) is 4.82. The van der Waals surface area contributed by atoms with Gasteiger partial charge in [-0.05, 0) is 48.0 Å². The van der Waals surface area contributed by atoms with Gasteiger partial charge in [-0.3, -0.25) is 4.79 Å². The molecule has 9 heteroatoms. The van der Waals surface area contributed by atoms with Crippen LogP contribution in [0.2, 0.25) is 5.02 Å². The molecule has 4 rings (SSSR count). The fourth-order valence-electron chi connectivity index (χ4n) is 3.05. The predicted octanol–water partition coefficient (Wildman–Crippen LogP) is 5.63. The molecular formula is C22H18ClN5O2S. The van der Waals surface area contributed by atoms with Gasteiger partial charge in [0, 0.05) is 35.0 Å². The van der Waals surface area contributed by atoms with E-state index in [1.165, 1.54) is 18.3 Å². The average molecular weight is 452 g/mol. The molecular weight excluding hydrogens is 434 g/mol. The first kappa shape index (κ1) is 20.8. The lowest BCUT2D eigenvalue weighted by molar-refractivity contribution is -0.114. The van der Waals surface area contributed by atoms with Crippen LogP contribution in [0.25, 0.3) is 21.7 Å². The summed E-state index contributed by atoms with van der Waals surface area (Å²) in [5.74, 6) is 0.955. The van der Waals surface area contributed by atoms with Crippen molar-refractivity contribution in [2.75, 3.05) is 17.7 Å². The zero-order chi connectivity index (χ0) is 21.8. The van der Waals surface area contributed by atoms with Gasteiger partial charge in [0.1, 0.15) is 16.6 Å². The fraction of sp³-hybridized carbons (Fsp3) is 0.0909. The number of halogens is 1. The normalized spacial score (nSPS) is 10.5. The first-order valence-corrected chi connectivity index (χ1v) is 10.5. The van der Waals surface area contributed by atoms with Gasteiger partial charge in [0.25, 0.3) is 0 Å². The molecule has 0 saturated heterocycles. The quantitative estimate of drug-likeness (QED) is 0.395. The van der Waals surface area contributed by atoms with Crippen molar-refractivity contribution in [3.05, 3.63) is 65.8 Å². The molecule has 2 aromatic heterocycles. The molecule has 7 nitrogen and oxygen atoms in total. The van der Waals surface area contributed by atoms with E-state index < -0.39 is 0 Å². The lowest BCUT2D eigenvalue weighted by Crippen LogP contribution is -2.07. The molecule has 1 amide bonds. The highest BCUT2D eigenvalue weighted by Crippen LogP contribution is 2.41. The van der Waals surface area contributed by atoms with E-state index in [4.69, 9.17) is 16.3 Å². The maximum atomic E-state index is 11.4. The Balaban J connectivity index is 1.72. The summed E-state index contributed by atoms with van der Waals surface area (Å²) >= 11 is 7.37. The highest BCUT2D eigenvalue weighted by molar-refractivity contribution is 7.18. The molecule has 0 aliphatic rings. The summed E-state index contributed by atoms with van der Waals surface area (Å²) in [5.41, 5.74) is 3.41. The van der Waals surface area contributed by atoms with Crippen LogP contribution in [0, 0.1) is 0 Å². The Hall–Kier alpha value is -3.49. The Morgan fingerprint density at radius 1 is 1.10 bits per heavy atom. The Bertz CT molecular complexity index is 1230. The molecule has 2 aromatic carbocycles. The van der Waals surface area contributed by atoms with Crippen LogP contribution in [-0.2, 0) is 4.79 Å². The van der Waals surface area contributed by atoms with E-state index in [9.17, 15) is 4.79 Å². The maximum absolute atomic E-state index is 11.4. The van der Waals surface area contributed by atoms with Crippen molar-refractivity contribution in [1.29, 1.82) is 0 Å². The summed E-state index contributed by atoms with van der Waals surface area (Å²) in [5, 5.41) is 16.6. The van der Waals surface area contributed by atoms with Crippen molar-refractivity contribution in [1.82, 2.24) is 15.2 Å². The number of ether oxygens (including phenoxy) is 1. The third-order valence-electron chi connectivity index (χ3n) is 4.35. The number of aromatic nitrogens is 3. The van der Waals surface area contributed by atoms with Crippen molar-refractivity contribution in [3.8, 4) is 27.4 Å². The molecule has 0 saturated carbocycles. The topological polar surface area (TPSA) is 89.0 Å². The van der Waals surface area contributed by atoms with Crippen molar-refractivity contribution in [3.63, 3.8) is 0 Å². The van der Waals surface area contributed by atoms with Crippen molar-refractivity contribution in [2.45, 2.75) is 6.92 Å². The van der Waals surface area contributed by atoms with Crippen LogP contribution in [0.5, 0.6) is 5.75 Å². The van der Waals surface area contributed by atoms with E-state index in [-0.39, 0.29) is 5.91 Å². The van der Waals surface area contributed by atoms with E-state index in [1.54, 1.807) is 19.4 Å². The standard InChI is InChI=1S/C22H18ClN5O2S/c1-13(29)25-19-12-14(10-11-24-19)20-17(4-3-5-18(20)30-2)21-27-28-22(31-21)26-16-8-6-15(23)7-9-16/h3-12H,1-2H3,(H,26,28)(H,24,25,29). The van der Waals surface area contributed by atoms with Crippen LogP contribution in [0.1, 0.15) is 6.92 Å². The number of carbonyl (C=O) groups is 1. The molecule has 0 aliphatic heterocycles. The highest BCUT2D eigenvalue weighted by atomic mass is 35.5. The third-order valence-corrected chi connectivity index (χ3v) is 5.47. The van der Waals surface area contributed by atoms with Gasteiger partial charge in [-0.1, -0.05) is 35.1 Å². The van der Waals surface area contributed by atoms with E-state index in [2.05, 4.69) is 25.8 Å². The SMILES string of the molecule is COc1cccc(-c2nnc(Nc3ccc(Cl)cc3)s2)c1-c1ccnc(NC(C)=O)c1. The van der Waals surface area contributed by atoms with Gasteiger partial charge in [0.2, 0.25) is 11.0 Å². The van der Waals surface area contributed by atoms with Gasteiger partial charge >= 0.3 is 0 Å². The molecule has 0 spiro atoms. The summed E-state index contributed by atoms with van der Waals surface area (Å²) < 4.78 is 5.62. The summed E-state index contributed by atoms with van der Waals surface area (Å²) in [7, 11) is 1.62. The number of amides is 1. The summed E-state index contributed by atoms with van der Waals surface area (Å²) in [6, 6.07) is 16.8. The molecule has 0 radical (unpaired) electrons. The number of benzene rings is 2. The zero-order valence-corrected chi connectivity index (χ0v) is 18.3. The maximum Gasteiger partial charge on any atom is 0.222 e. The second-order valence-corrected chi connectivity index (χ2v) is 7.95. The first-order chi connectivity index (χ1) is 15.0. The van der Waals surface area contributed by atoms with Crippen molar-refractivity contribution < 1.29 is 9.53 Å². The number of hydrogen-bond acceptors (Lipinski definition) is 7. The molecule has 0 fully saturated rings. The minimum Gasteiger partial charge on any atom is -0.496 e. The number of methoxy groups -OCH3 is 1.